The van der Waals surface area contributed by atoms with Crippen molar-refractivity contribution in [1.82, 2.24) is 5.43 Å². The summed E-state index contributed by atoms with van der Waals surface area (Å²) in [7, 11) is -1.33. The van der Waals surface area contributed by atoms with Crippen molar-refractivity contribution in [2.45, 2.75) is 37.0 Å². The first-order valence-electron chi connectivity index (χ1n) is 6.70. The molecule has 1 rings (SSSR count). The van der Waals surface area contributed by atoms with Gasteiger partial charge in [0.2, 0.25) is 0 Å². The van der Waals surface area contributed by atoms with Crippen LogP contribution < -0.4 is 11.3 Å². The number of nitrogens with two attached hydrogens (primary N) is 1. The Morgan fingerprint density at radius 1 is 1.37 bits per heavy atom. The predicted molar refractivity (Wildman–Crippen MR) is 74.4 cm³/mol. The van der Waals surface area contributed by atoms with E-state index in [9.17, 15) is 8.42 Å². The van der Waals surface area contributed by atoms with Crippen molar-refractivity contribution in [2.75, 3.05) is 33.2 Å². The number of hydrogen-bond donors (Lipinski definition) is 2. The Kier molecular flexibility index (Phi) is 7.23. The maximum atomic E-state index is 11.6. The molecule has 1 saturated carbocycles. The van der Waals surface area contributed by atoms with Gasteiger partial charge in [0, 0.05) is 19.4 Å². The summed E-state index contributed by atoms with van der Waals surface area (Å²) in [6.07, 6.45) is 4.67. The number of ether oxygens (including phenoxy) is 2. The lowest BCUT2D eigenvalue weighted by molar-refractivity contribution is 0.0451. The van der Waals surface area contributed by atoms with Gasteiger partial charge in [0.15, 0.2) is 0 Å². The summed E-state index contributed by atoms with van der Waals surface area (Å²) in [5.41, 5.74) is 2.76. The second-order valence-electron chi connectivity index (χ2n) is 5.22. The molecule has 0 aromatic carbocycles. The second-order valence-corrected chi connectivity index (χ2v) is 7.54. The molecule has 1 aliphatic rings. The summed E-state index contributed by atoms with van der Waals surface area (Å²) >= 11 is 0. The molecule has 3 N–H and O–H groups in total. The van der Waals surface area contributed by atoms with Crippen LogP contribution in [0.3, 0.4) is 0 Å². The van der Waals surface area contributed by atoms with Crippen LogP contribution in [0.5, 0.6) is 0 Å². The Morgan fingerprint density at radius 3 is 2.68 bits per heavy atom. The van der Waals surface area contributed by atoms with Crippen LogP contribution in [0.2, 0.25) is 0 Å². The molecule has 0 heterocycles. The molecule has 0 amide bonds. The van der Waals surface area contributed by atoms with Gasteiger partial charge in [-0.05, 0) is 25.2 Å². The molecule has 114 valence electrons. The third-order valence-corrected chi connectivity index (χ3v) is 5.42. The molecular weight excluding hydrogens is 268 g/mol. The van der Waals surface area contributed by atoms with E-state index in [0.717, 1.165) is 19.3 Å². The Labute approximate surface area is 115 Å². The van der Waals surface area contributed by atoms with Crippen LogP contribution in [0, 0.1) is 5.92 Å². The molecule has 0 aliphatic heterocycles. The fourth-order valence-corrected chi connectivity index (χ4v) is 3.80. The lowest BCUT2D eigenvalue weighted by Crippen LogP contribution is -2.47. The molecule has 7 heteroatoms. The van der Waals surface area contributed by atoms with Gasteiger partial charge in [-0.2, -0.15) is 0 Å². The van der Waals surface area contributed by atoms with Crippen molar-refractivity contribution in [3.63, 3.8) is 0 Å². The average Bonchev–Trinajstić information content (AvgIpc) is 2.38. The zero-order valence-electron chi connectivity index (χ0n) is 11.8. The van der Waals surface area contributed by atoms with Gasteiger partial charge in [-0.3, -0.25) is 11.3 Å². The molecule has 6 nitrogen and oxygen atoms in total. The standard InChI is InChI=1S/C12H26N2O4S/c1-17-6-7-18-9-12(14-13)10-4-3-5-11(8-10)19(2,15)16/h10-12,14H,3-9,13H2,1-2H3. The quantitative estimate of drug-likeness (QED) is 0.374. The van der Waals surface area contributed by atoms with E-state index in [1.165, 1.54) is 6.26 Å². The lowest BCUT2D eigenvalue weighted by Gasteiger charge is -2.33. The van der Waals surface area contributed by atoms with Crippen molar-refractivity contribution in [1.29, 1.82) is 0 Å². The minimum absolute atomic E-state index is 0.00130. The molecule has 1 aliphatic carbocycles. The summed E-state index contributed by atoms with van der Waals surface area (Å²) in [5, 5.41) is -0.235. The van der Waals surface area contributed by atoms with Gasteiger partial charge in [0.25, 0.3) is 0 Å². The van der Waals surface area contributed by atoms with Gasteiger partial charge < -0.3 is 9.47 Å². The van der Waals surface area contributed by atoms with E-state index in [2.05, 4.69) is 5.43 Å². The number of hydrazine groups is 1. The third kappa shape index (κ3) is 5.74. The number of methoxy groups -OCH3 is 1. The monoisotopic (exact) mass is 294 g/mol. The lowest BCUT2D eigenvalue weighted by atomic mass is 9.84. The first kappa shape index (κ1) is 16.8. The number of hydrogen-bond acceptors (Lipinski definition) is 6. The highest BCUT2D eigenvalue weighted by atomic mass is 32.2. The van der Waals surface area contributed by atoms with E-state index in [1.807, 2.05) is 0 Å². The Bertz CT molecular complexity index is 348. The fourth-order valence-electron chi connectivity index (χ4n) is 2.61. The molecule has 0 aromatic rings. The van der Waals surface area contributed by atoms with Crippen molar-refractivity contribution < 1.29 is 17.9 Å². The van der Waals surface area contributed by atoms with E-state index < -0.39 is 9.84 Å². The smallest absolute Gasteiger partial charge is 0.150 e. The van der Waals surface area contributed by atoms with Gasteiger partial charge in [0.1, 0.15) is 9.84 Å². The maximum absolute atomic E-state index is 11.6. The highest BCUT2D eigenvalue weighted by Crippen LogP contribution is 2.30. The molecule has 0 bridgehead atoms. The van der Waals surface area contributed by atoms with Gasteiger partial charge in [-0.1, -0.05) is 6.42 Å². The Morgan fingerprint density at radius 2 is 2.11 bits per heavy atom. The second kappa shape index (κ2) is 8.16. The van der Waals surface area contributed by atoms with E-state index >= 15 is 0 Å². The number of sulfone groups is 1. The largest absolute Gasteiger partial charge is 0.382 e. The molecule has 3 atom stereocenters. The van der Waals surface area contributed by atoms with Gasteiger partial charge in [-0.25, -0.2) is 8.42 Å². The van der Waals surface area contributed by atoms with Crippen LogP contribution in [0.4, 0.5) is 0 Å². The Balaban J connectivity index is 2.46. The predicted octanol–water partition coefficient (Wildman–Crippen LogP) is 0.0847. The number of nitrogens with one attached hydrogen (secondary N) is 1. The Hall–Kier alpha value is -0.210. The zero-order chi connectivity index (χ0) is 14.3. The molecule has 0 spiro atoms. The highest BCUT2D eigenvalue weighted by Gasteiger charge is 2.32. The summed E-state index contributed by atoms with van der Waals surface area (Å²) < 4.78 is 33.7. The molecule has 1 fully saturated rings. The molecular formula is C12H26N2O4S. The van der Waals surface area contributed by atoms with Gasteiger partial charge in [-0.15, -0.1) is 0 Å². The molecule has 0 saturated heterocycles. The maximum Gasteiger partial charge on any atom is 0.150 e. The van der Waals surface area contributed by atoms with E-state index in [0.29, 0.717) is 26.2 Å². The number of rotatable bonds is 8. The molecule has 0 aromatic heterocycles. The van der Waals surface area contributed by atoms with Crippen LogP contribution in [0.1, 0.15) is 25.7 Å². The first-order chi connectivity index (χ1) is 8.99. The molecule has 3 unspecified atom stereocenters. The third-order valence-electron chi connectivity index (χ3n) is 3.78. The van der Waals surface area contributed by atoms with Crippen LogP contribution >= 0.6 is 0 Å². The van der Waals surface area contributed by atoms with Gasteiger partial charge in [0.05, 0.1) is 25.1 Å². The van der Waals surface area contributed by atoms with E-state index in [1.54, 1.807) is 7.11 Å². The normalized spacial score (nSPS) is 26.3. The van der Waals surface area contributed by atoms with E-state index in [-0.39, 0.29) is 17.2 Å². The van der Waals surface area contributed by atoms with Crippen LogP contribution in [-0.2, 0) is 19.3 Å². The molecule has 19 heavy (non-hydrogen) atoms. The van der Waals surface area contributed by atoms with Gasteiger partial charge >= 0.3 is 0 Å². The highest BCUT2D eigenvalue weighted by molar-refractivity contribution is 7.91. The summed E-state index contributed by atoms with van der Waals surface area (Å²) in [5.74, 6) is 5.81. The zero-order valence-corrected chi connectivity index (χ0v) is 12.6. The van der Waals surface area contributed by atoms with E-state index in [4.69, 9.17) is 15.3 Å². The van der Waals surface area contributed by atoms with Crippen LogP contribution in [0.25, 0.3) is 0 Å². The average molecular weight is 294 g/mol. The van der Waals surface area contributed by atoms with Crippen molar-refractivity contribution in [2.24, 2.45) is 11.8 Å². The van der Waals surface area contributed by atoms with Crippen LogP contribution in [-0.4, -0.2) is 52.9 Å². The SMILES string of the molecule is COCCOCC(NN)C1CCCC(S(C)(=O)=O)C1. The van der Waals surface area contributed by atoms with Crippen molar-refractivity contribution in [3.05, 3.63) is 0 Å². The van der Waals surface area contributed by atoms with Crippen molar-refractivity contribution in [3.8, 4) is 0 Å². The topological polar surface area (TPSA) is 90.7 Å². The first-order valence-corrected chi connectivity index (χ1v) is 8.66. The summed E-state index contributed by atoms with van der Waals surface area (Å²) in [6.45, 7) is 1.56. The fraction of sp³-hybridized carbons (Fsp3) is 1.00. The molecule has 0 radical (unpaired) electrons. The minimum Gasteiger partial charge on any atom is -0.382 e. The minimum atomic E-state index is -2.96. The summed E-state index contributed by atoms with van der Waals surface area (Å²) in [4.78, 5) is 0. The van der Waals surface area contributed by atoms with Crippen LogP contribution in [0.15, 0.2) is 0 Å². The summed E-state index contributed by atoms with van der Waals surface area (Å²) in [6, 6.07) is 0.00130. The van der Waals surface area contributed by atoms with Crippen molar-refractivity contribution >= 4 is 9.84 Å².